The molecule has 0 rings (SSSR count). The van der Waals surface area contributed by atoms with Crippen LogP contribution in [0.15, 0.2) is 0 Å². The maximum atomic E-state index is 11.7. The van der Waals surface area contributed by atoms with Crippen LogP contribution < -0.4 is 18.9 Å². The van der Waals surface area contributed by atoms with Gasteiger partial charge in [0.05, 0.1) is 0 Å². The molecule has 0 aromatic heterocycles. The first-order valence-corrected chi connectivity index (χ1v) is 3.54. The summed E-state index contributed by atoms with van der Waals surface area (Å²) in [6, 6.07) is 0. The molecule has 0 bridgehead atoms. The molecular weight excluding hydrogens is 142 g/mol. The van der Waals surface area contributed by atoms with E-state index in [9.17, 15) is 17.4 Å². The van der Waals surface area contributed by atoms with Gasteiger partial charge in [-0.25, -0.2) is 12.8 Å². The van der Waals surface area contributed by atoms with Gasteiger partial charge in [0.25, 0.3) is 0 Å². The Hall–Kier alpha value is 0.437. The average Bonchev–Trinajstić information content (AvgIpc) is 1.62. The molecule has 0 N–H and O–H groups in total. The zero-order valence-electron chi connectivity index (χ0n) is 5.30. The van der Waals surface area contributed by atoms with E-state index in [0.717, 1.165) is 0 Å². The quantitative estimate of drug-likeness (QED) is 0.315. The minimum atomic E-state index is -4.67. The minimum Gasteiger partial charge on any atom is -0.746 e. The van der Waals surface area contributed by atoms with Gasteiger partial charge in [-0.05, 0) is 6.42 Å². The van der Waals surface area contributed by atoms with Gasteiger partial charge in [-0.15, -0.1) is 0 Å². The normalized spacial score (nSPS) is 14.1. The van der Waals surface area contributed by atoms with Crippen molar-refractivity contribution in [2.45, 2.75) is 18.8 Å². The van der Waals surface area contributed by atoms with Gasteiger partial charge in [0, 0.05) is 0 Å². The molecule has 0 aliphatic rings. The van der Waals surface area contributed by atoms with Crippen molar-refractivity contribution in [1.82, 2.24) is 0 Å². The van der Waals surface area contributed by atoms with Crippen LogP contribution >= 0.6 is 0 Å². The Morgan fingerprint density at radius 3 is 2.00 bits per heavy atom. The predicted octanol–water partition coefficient (Wildman–Crippen LogP) is -2.76. The number of halogens is 1. The topological polar surface area (TPSA) is 57.2 Å². The van der Waals surface area contributed by atoms with E-state index < -0.39 is 15.6 Å². The molecule has 0 saturated heterocycles. The molecule has 0 heterocycles. The zero-order valence-corrected chi connectivity index (χ0v) is 6.11. The fraction of sp³-hybridized carbons (Fsp3) is 1.00. The molecule has 1 unspecified atom stereocenters. The molecule has 9 heavy (non-hydrogen) atoms. The fourth-order valence-corrected chi connectivity index (χ4v) is 0.612. The Kier molecular flexibility index (Phi) is 5.78. The van der Waals surface area contributed by atoms with Gasteiger partial charge >= 0.3 is 18.9 Å². The van der Waals surface area contributed by atoms with Crippen LogP contribution in [-0.2, 0) is 10.1 Å². The molecule has 0 fully saturated rings. The van der Waals surface area contributed by atoms with Crippen LogP contribution in [0.5, 0.6) is 0 Å². The Bertz CT molecular complexity index is 154. The number of alkyl halides is 1. The second-order valence-corrected chi connectivity index (χ2v) is 2.81. The van der Waals surface area contributed by atoms with Crippen LogP contribution in [0.2, 0.25) is 0 Å². The Balaban J connectivity index is 0. The summed E-state index contributed by atoms with van der Waals surface area (Å²) in [6.07, 6.45) is -0.272. The number of rotatable bonds is 2. The van der Waals surface area contributed by atoms with Crippen molar-refractivity contribution in [3.8, 4) is 0 Å². The molecule has 0 aliphatic carbocycles. The standard InChI is InChI=1S/C3H7FO3S.Li/c1-2-3(4)8(5,6)7;/h3H,2H2,1H3,(H,5,6,7);/q;+1/p-1. The van der Waals surface area contributed by atoms with Crippen molar-refractivity contribution in [1.29, 1.82) is 0 Å². The molecule has 0 aromatic carbocycles. The van der Waals surface area contributed by atoms with Gasteiger partial charge in [0.15, 0.2) is 5.50 Å². The van der Waals surface area contributed by atoms with Crippen molar-refractivity contribution in [3.05, 3.63) is 0 Å². The van der Waals surface area contributed by atoms with Gasteiger partial charge in [0.1, 0.15) is 10.1 Å². The molecule has 3 nitrogen and oxygen atoms in total. The van der Waals surface area contributed by atoms with Crippen LogP contribution in [0.1, 0.15) is 13.3 Å². The van der Waals surface area contributed by atoms with Crippen LogP contribution in [0, 0.1) is 0 Å². The van der Waals surface area contributed by atoms with E-state index in [1.165, 1.54) is 6.92 Å². The Morgan fingerprint density at radius 1 is 1.67 bits per heavy atom. The van der Waals surface area contributed by atoms with E-state index in [1.807, 2.05) is 0 Å². The molecule has 0 spiro atoms. The molecule has 0 saturated carbocycles. The Morgan fingerprint density at radius 2 is 2.00 bits per heavy atom. The smallest absolute Gasteiger partial charge is 0.746 e. The zero-order chi connectivity index (χ0) is 6.78. The van der Waals surface area contributed by atoms with Crippen LogP contribution in [0.4, 0.5) is 4.39 Å². The van der Waals surface area contributed by atoms with E-state index >= 15 is 0 Å². The van der Waals surface area contributed by atoms with Gasteiger partial charge in [0.2, 0.25) is 0 Å². The molecule has 50 valence electrons. The summed E-state index contributed by atoms with van der Waals surface area (Å²) in [4.78, 5) is 0. The summed E-state index contributed by atoms with van der Waals surface area (Å²) in [7, 11) is -4.67. The monoisotopic (exact) mass is 148 g/mol. The van der Waals surface area contributed by atoms with E-state index in [0.29, 0.717) is 0 Å². The van der Waals surface area contributed by atoms with Crippen molar-refractivity contribution in [2.75, 3.05) is 0 Å². The molecule has 0 aliphatic heterocycles. The minimum absolute atomic E-state index is 0. The molecule has 1 atom stereocenters. The predicted molar refractivity (Wildman–Crippen MR) is 24.9 cm³/mol. The van der Waals surface area contributed by atoms with Crippen LogP contribution in [0.25, 0.3) is 0 Å². The SMILES string of the molecule is CCC(F)S(=O)(=O)[O-].[Li+]. The van der Waals surface area contributed by atoms with Gasteiger partial charge in [-0.1, -0.05) is 6.92 Å². The van der Waals surface area contributed by atoms with Crippen molar-refractivity contribution in [3.63, 3.8) is 0 Å². The summed E-state index contributed by atoms with van der Waals surface area (Å²) in [5.74, 6) is 0. The van der Waals surface area contributed by atoms with Crippen LogP contribution in [0.3, 0.4) is 0 Å². The van der Waals surface area contributed by atoms with E-state index in [2.05, 4.69) is 0 Å². The molecular formula is C3H6FLiO3S. The second-order valence-electron chi connectivity index (χ2n) is 1.31. The summed E-state index contributed by atoms with van der Waals surface area (Å²) < 4.78 is 40.6. The number of hydrogen-bond donors (Lipinski definition) is 0. The summed E-state index contributed by atoms with van der Waals surface area (Å²) >= 11 is 0. The fourth-order valence-electron chi connectivity index (χ4n) is 0.204. The third-order valence-corrected chi connectivity index (χ3v) is 1.59. The van der Waals surface area contributed by atoms with E-state index in [4.69, 9.17) is 0 Å². The molecule has 0 amide bonds. The molecule has 0 radical (unpaired) electrons. The van der Waals surface area contributed by atoms with Crippen molar-refractivity contribution < 1.29 is 36.2 Å². The van der Waals surface area contributed by atoms with Gasteiger partial charge < -0.3 is 4.55 Å². The Labute approximate surface area is 65.6 Å². The van der Waals surface area contributed by atoms with E-state index in [1.54, 1.807) is 0 Å². The van der Waals surface area contributed by atoms with Crippen molar-refractivity contribution in [2.24, 2.45) is 0 Å². The molecule has 6 heteroatoms. The summed E-state index contributed by atoms with van der Waals surface area (Å²) in [5, 5.41) is 0. The maximum Gasteiger partial charge on any atom is 1.00 e. The average molecular weight is 148 g/mol. The molecule has 0 aromatic rings. The number of hydrogen-bond acceptors (Lipinski definition) is 3. The first-order valence-electron chi connectivity index (χ1n) is 2.07. The third kappa shape index (κ3) is 4.91. The maximum absolute atomic E-state index is 11.7. The van der Waals surface area contributed by atoms with Gasteiger partial charge in [-0.2, -0.15) is 0 Å². The second kappa shape index (κ2) is 4.28. The first-order chi connectivity index (χ1) is 3.48. The third-order valence-electron chi connectivity index (χ3n) is 0.634. The van der Waals surface area contributed by atoms with Crippen LogP contribution in [-0.4, -0.2) is 18.5 Å². The largest absolute Gasteiger partial charge is 1.00 e. The van der Waals surface area contributed by atoms with E-state index in [-0.39, 0.29) is 25.3 Å². The first kappa shape index (κ1) is 12.1. The van der Waals surface area contributed by atoms with Crippen molar-refractivity contribution >= 4 is 10.1 Å². The van der Waals surface area contributed by atoms with Gasteiger partial charge in [-0.3, -0.25) is 0 Å². The summed E-state index contributed by atoms with van der Waals surface area (Å²) in [6.45, 7) is 1.29. The summed E-state index contributed by atoms with van der Waals surface area (Å²) in [5.41, 5.74) is -2.23.